The number of halogens is 3. The van der Waals surface area contributed by atoms with Crippen LogP contribution in [-0.4, -0.2) is 22.5 Å². The number of hydrogen-bond acceptors (Lipinski definition) is 2. The molecule has 0 saturated heterocycles. The largest absolute Gasteiger partial charge is 0.410 e. The smallest absolute Gasteiger partial charge is 0.370 e. The van der Waals surface area contributed by atoms with Crippen molar-refractivity contribution in [1.29, 1.82) is 0 Å². The summed E-state index contributed by atoms with van der Waals surface area (Å²) in [7, 11) is 0. The van der Waals surface area contributed by atoms with E-state index in [2.05, 4.69) is 10.4 Å². The lowest BCUT2D eigenvalue weighted by molar-refractivity contribution is -0.171. The lowest BCUT2D eigenvalue weighted by atomic mass is 10.1. The van der Waals surface area contributed by atoms with Gasteiger partial charge in [0.15, 0.2) is 6.04 Å². The summed E-state index contributed by atoms with van der Waals surface area (Å²) in [5, 5.41) is 7.76. The first kappa shape index (κ1) is 10.4. The van der Waals surface area contributed by atoms with Crippen molar-refractivity contribution in [2.24, 2.45) is 0 Å². The number of anilines is 1. The van der Waals surface area contributed by atoms with Gasteiger partial charge in [0.25, 0.3) is 0 Å². The van der Waals surface area contributed by atoms with Crippen LogP contribution in [0.25, 0.3) is 10.9 Å². The summed E-state index contributed by atoms with van der Waals surface area (Å²) in [5.41, 5.74) is 0.589. The monoisotopic (exact) mass is 241 g/mol. The molecule has 6 heteroatoms. The molecule has 90 valence electrons. The Morgan fingerprint density at radius 1 is 1.29 bits per heavy atom. The predicted molar refractivity (Wildman–Crippen MR) is 57.9 cm³/mol. The van der Waals surface area contributed by atoms with Crippen LogP contribution in [0.5, 0.6) is 0 Å². The third-order valence-corrected chi connectivity index (χ3v) is 2.99. The topological polar surface area (TPSA) is 29.9 Å². The number of aromatic nitrogens is 2. The Bertz CT molecular complexity index is 559. The Hall–Kier alpha value is -1.72. The maximum absolute atomic E-state index is 12.9. The van der Waals surface area contributed by atoms with E-state index in [1.807, 2.05) is 0 Å². The molecule has 0 radical (unpaired) electrons. The molecule has 0 fully saturated rings. The average molecular weight is 241 g/mol. The maximum atomic E-state index is 12.9. The highest BCUT2D eigenvalue weighted by Gasteiger charge is 2.44. The zero-order chi connectivity index (χ0) is 12.0. The molecule has 1 unspecified atom stereocenters. The van der Waals surface area contributed by atoms with E-state index in [0.29, 0.717) is 17.9 Å². The summed E-state index contributed by atoms with van der Waals surface area (Å²) in [6.07, 6.45) is -4.23. The normalized spacial score (nSPS) is 20.1. The lowest BCUT2D eigenvalue weighted by Crippen LogP contribution is -2.33. The fraction of sp³-hybridized carbons (Fsp3) is 0.364. The number of hydrogen-bond donors (Lipinski definition) is 1. The Balaban J connectivity index is 2.21. The van der Waals surface area contributed by atoms with Crippen LogP contribution >= 0.6 is 0 Å². The lowest BCUT2D eigenvalue weighted by Gasteiger charge is -2.27. The molecule has 1 aromatic heterocycles. The molecule has 2 heterocycles. The van der Waals surface area contributed by atoms with E-state index in [0.717, 1.165) is 10.1 Å². The highest BCUT2D eigenvalue weighted by Crippen LogP contribution is 2.39. The van der Waals surface area contributed by atoms with E-state index >= 15 is 0 Å². The van der Waals surface area contributed by atoms with Crippen molar-refractivity contribution in [3.05, 3.63) is 24.3 Å². The van der Waals surface area contributed by atoms with Crippen LogP contribution in [0.2, 0.25) is 0 Å². The fourth-order valence-electron chi connectivity index (χ4n) is 2.20. The molecule has 3 rings (SSSR count). The van der Waals surface area contributed by atoms with Crippen molar-refractivity contribution < 1.29 is 13.2 Å². The number of nitrogens with one attached hydrogen (secondary N) is 1. The third kappa shape index (κ3) is 1.55. The summed E-state index contributed by atoms with van der Waals surface area (Å²) in [5.74, 6) is 0.467. The summed E-state index contributed by atoms with van der Waals surface area (Å²) in [6.45, 7) is 0.319. The van der Waals surface area contributed by atoms with E-state index in [1.165, 1.54) is 0 Å². The van der Waals surface area contributed by atoms with Gasteiger partial charge in [0.1, 0.15) is 5.82 Å². The number of alkyl halides is 3. The Kier molecular flexibility index (Phi) is 2.08. The highest BCUT2D eigenvalue weighted by atomic mass is 19.4. The molecule has 0 amide bonds. The fourth-order valence-corrected chi connectivity index (χ4v) is 2.20. The minimum absolute atomic E-state index is 0.0183. The Labute approximate surface area is 95.2 Å². The van der Waals surface area contributed by atoms with E-state index in [9.17, 15) is 13.2 Å². The molecule has 0 aliphatic carbocycles. The summed E-state index contributed by atoms with van der Waals surface area (Å²) in [4.78, 5) is 0. The van der Waals surface area contributed by atoms with Crippen molar-refractivity contribution >= 4 is 16.7 Å². The van der Waals surface area contributed by atoms with Crippen molar-refractivity contribution in [2.75, 3.05) is 11.9 Å². The molecule has 1 atom stereocenters. The molecule has 1 N–H and O–H groups in total. The van der Waals surface area contributed by atoms with Crippen LogP contribution in [0.4, 0.5) is 19.0 Å². The minimum Gasteiger partial charge on any atom is -0.370 e. The van der Waals surface area contributed by atoms with Gasteiger partial charge in [-0.15, -0.1) is 0 Å². The van der Waals surface area contributed by atoms with E-state index in [-0.39, 0.29) is 6.42 Å². The molecule has 2 aromatic rings. The first-order chi connectivity index (χ1) is 8.07. The molecular formula is C11H10F3N3. The Morgan fingerprint density at radius 2 is 2.06 bits per heavy atom. The number of nitrogens with zero attached hydrogens (tertiary/aromatic N) is 2. The van der Waals surface area contributed by atoms with Gasteiger partial charge in [-0.1, -0.05) is 12.1 Å². The molecular weight excluding hydrogens is 231 g/mol. The maximum Gasteiger partial charge on any atom is 0.410 e. The summed E-state index contributed by atoms with van der Waals surface area (Å²) >= 11 is 0. The van der Waals surface area contributed by atoms with Crippen LogP contribution in [-0.2, 0) is 0 Å². The van der Waals surface area contributed by atoms with Gasteiger partial charge in [-0.3, -0.25) is 0 Å². The van der Waals surface area contributed by atoms with Crippen LogP contribution in [0.1, 0.15) is 12.5 Å². The van der Waals surface area contributed by atoms with Crippen LogP contribution in [0, 0.1) is 0 Å². The molecule has 0 spiro atoms. The quantitative estimate of drug-likeness (QED) is 0.768. The van der Waals surface area contributed by atoms with E-state index < -0.39 is 12.2 Å². The van der Waals surface area contributed by atoms with Crippen LogP contribution in [0.3, 0.4) is 0 Å². The van der Waals surface area contributed by atoms with Crippen LogP contribution in [0.15, 0.2) is 24.3 Å². The minimum atomic E-state index is -4.25. The summed E-state index contributed by atoms with van der Waals surface area (Å²) < 4.78 is 39.6. The third-order valence-electron chi connectivity index (χ3n) is 2.99. The molecule has 1 aliphatic rings. The van der Waals surface area contributed by atoms with Gasteiger partial charge in [0, 0.05) is 11.9 Å². The Morgan fingerprint density at radius 3 is 2.82 bits per heavy atom. The van der Waals surface area contributed by atoms with Crippen molar-refractivity contribution in [1.82, 2.24) is 9.78 Å². The first-order valence-electron chi connectivity index (χ1n) is 5.35. The van der Waals surface area contributed by atoms with E-state index in [1.54, 1.807) is 24.3 Å². The number of benzene rings is 1. The molecule has 1 aromatic carbocycles. The van der Waals surface area contributed by atoms with Gasteiger partial charge in [-0.25, -0.2) is 4.68 Å². The molecule has 0 bridgehead atoms. The van der Waals surface area contributed by atoms with Crippen molar-refractivity contribution in [2.45, 2.75) is 18.6 Å². The van der Waals surface area contributed by atoms with Gasteiger partial charge in [0.05, 0.1) is 5.52 Å². The second-order valence-electron chi connectivity index (χ2n) is 4.08. The van der Waals surface area contributed by atoms with Gasteiger partial charge < -0.3 is 5.32 Å². The average Bonchev–Trinajstić information content (AvgIpc) is 2.65. The number of fused-ring (bicyclic) bond motifs is 3. The predicted octanol–water partition coefficient (Wildman–Crippen LogP) is 2.96. The molecule has 17 heavy (non-hydrogen) atoms. The molecule has 1 aliphatic heterocycles. The van der Waals surface area contributed by atoms with Crippen molar-refractivity contribution in [3.8, 4) is 0 Å². The SMILES string of the molecule is FC(F)(F)C1CCNc2c3ccccc3nn21. The first-order valence-corrected chi connectivity index (χ1v) is 5.35. The second-order valence-corrected chi connectivity index (χ2v) is 4.08. The van der Waals surface area contributed by atoms with Gasteiger partial charge in [0.2, 0.25) is 0 Å². The second kappa shape index (κ2) is 3.38. The number of rotatable bonds is 0. The zero-order valence-corrected chi connectivity index (χ0v) is 8.83. The molecule has 0 saturated carbocycles. The van der Waals surface area contributed by atoms with Gasteiger partial charge >= 0.3 is 6.18 Å². The summed E-state index contributed by atoms with van der Waals surface area (Å²) in [6, 6.07) is 5.54. The highest BCUT2D eigenvalue weighted by molar-refractivity contribution is 5.90. The van der Waals surface area contributed by atoms with Crippen molar-refractivity contribution in [3.63, 3.8) is 0 Å². The van der Waals surface area contributed by atoms with Gasteiger partial charge in [-0.05, 0) is 18.6 Å². The standard InChI is InChI=1S/C11H10F3N3/c12-11(13,14)9-5-6-15-10-7-3-1-2-4-8(7)16-17(9)10/h1-4,9,15H,5-6H2. The molecule has 3 nitrogen and oxygen atoms in total. The van der Waals surface area contributed by atoms with Crippen LogP contribution < -0.4 is 5.32 Å². The van der Waals surface area contributed by atoms with E-state index in [4.69, 9.17) is 0 Å². The zero-order valence-electron chi connectivity index (χ0n) is 8.83. The van der Waals surface area contributed by atoms with Gasteiger partial charge in [-0.2, -0.15) is 18.3 Å².